The van der Waals surface area contributed by atoms with Crippen LogP contribution in [0.5, 0.6) is 0 Å². The van der Waals surface area contributed by atoms with Crippen molar-refractivity contribution in [2.45, 2.75) is 32.2 Å². The van der Waals surface area contributed by atoms with E-state index in [1.54, 1.807) is 6.20 Å². The van der Waals surface area contributed by atoms with Crippen molar-refractivity contribution in [2.24, 2.45) is 0 Å². The summed E-state index contributed by atoms with van der Waals surface area (Å²) in [5.41, 5.74) is 0. The number of rotatable bonds is 5. The molecule has 100 valence electrons. The molecule has 6 heteroatoms. The molecule has 0 saturated carbocycles. The number of hydrogen-bond donors (Lipinski definition) is 2. The zero-order valence-corrected chi connectivity index (χ0v) is 11.3. The highest BCUT2D eigenvalue weighted by atomic mass is 35.5. The first-order chi connectivity index (χ1) is 8.76. The van der Waals surface area contributed by atoms with Gasteiger partial charge in [0.05, 0.1) is 6.20 Å². The second-order valence-corrected chi connectivity index (χ2v) is 4.80. The van der Waals surface area contributed by atoms with Gasteiger partial charge in [0, 0.05) is 25.7 Å². The lowest BCUT2D eigenvalue weighted by Gasteiger charge is -2.26. The quantitative estimate of drug-likeness (QED) is 0.856. The predicted octanol–water partition coefficient (Wildman–Crippen LogP) is 1.91. The third kappa shape index (κ3) is 2.84. The molecule has 1 fully saturated rings. The summed E-state index contributed by atoms with van der Waals surface area (Å²) in [5.74, 6) is 1.38. The minimum absolute atomic E-state index is 0.198. The van der Waals surface area contributed by atoms with Gasteiger partial charge in [-0.1, -0.05) is 11.6 Å². The summed E-state index contributed by atoms with van der Waals surface area (Å²) in [4.78, 5) is 10.8. The highest BCUT2D eigenvalue weighted by Gasteiger charge is 2.27. The molecule has 2 rings (SSSR count). The Bertz CT molecular complexity index is 402. The normalized spacial score (nSPS) is 19.3. The third-order valence-electron chi connectivity index (χ3n) is 3.17. The van der Waals surface area contributed by atoms with Gasteiger partial charge >= 0.3 is 0 Å². The van der Waals surface area contributed by atoms with E-state index in [1.165, 1.54) is 0 Å². The van der Waals surface area contributed by atoms with Gasteiger partial charge in [0.15, 0.2) is 5.82 Å². The monoisotopic (exact) mass is 270 g/mol. The van der Waals surface area contributed by atoms with Gasteiger partial charge < -0.3 is 15.3 Å². The fourth-order valence-electron chi connectivity index (χ4n) is 2.37. The van der Waals surface area contributed by atoms with Crippen LogP contribution in [0.15, 0.2) is 6.20 Å². The molecule has 1 atom stereocenters. The molecule has 0 aliphatic carbocycles. The van der Waals surface area contributed by atoms with Crippen LogP contribution in [0.1, 0.15) is 26.2 Å². The first-order valence-corrected chi connectivity index (χ1v) is 6.78. The molecule has 1 aliphatic heterocycles. The molecule has 1 aromatic heterocycles. The lowest BCUT2D eigenvalue weighted by Crippen LogP contribution is -2.31. The second-order valence-electron chi connectivity index (χ2n) is 4.40. The standard InChI is InChI=1S/C12H19ClN4O/c1-2-14-12-15-8-10(13)11(16-12)17-6-3-4-9(17)5-7-18/h8-9,18H,2-7H2,1H3,(H,14,15,16). The molecular weight excluding hydrogens is 252 g/mol. The number of aromatic nitrogens is 2. The van der Waals surface area contributed by atoms with Gasteiger partial charge in [0.25, 0.3) is 0 Å². The number of anilines is 2. The van der Waals surface area contributed by atoms with E-state index in [0.717, 1.165) is 38.2 Å². The van der Waals surface area contributed by atoms with E-state index in [2.05, 4.69) is 20.2 Å². The van der Waals surface area contributed by atoms with E-state index < -0.39 is 0 Å². The molecule has 0 amide bonds. The van der Waals surface area contributed by atoms with Crippen molar-refractivity contribution in [1.82, 2.24) is 9.97 Å². The van der Waals surface area contributed by atoms with Crippen LogP contribution in [0.25, 0.3) is 0 Å². The summed E-state index contributed by atoms with van der Waals surface area (Å²) < 4.78 is 0. The van der Waals surface area contributed by atoms with Crippen LogP contribution in [-0.2, 0) is 0 Å². The average molecular weight is 271 g/mol. The summed E-state index contributed by atoms with van der Waals surface area (Å²) in [6.07, 6.45) is 4.59. The molecule has 0 aromatic carbocycles. The SMILES string of the molecule is CCNc1ncc(Cl)c(N2CCCC2CCO)n1. The Morgan fingerprint density at radius 3 is 3.17 bits per heavy atom. The van der Waals surface area contributed by atoms with Crippen molar-refractivity contribution in [2.75, 3.05) is 29.9 Å². The summed E-state index contributed by atoms with van der Waals surface area (Å²) in [7, 11) is 0. The zero-order valence-electron chi connectivity index (χ0n) is 10.6. The second kappa shape index (κ2) is 6.20. The molecule has 0 radical (unpaired) electrons. The number of aliphatic hydroxyl groups is 1. The van der Waals surface area contributed by atoms with E-state index in [9.17, 15) is 0 Å². The lowest BCUT2D eigenvalue weighted by atomic mass is 10.1. The Balaban J connectivity index is 2.22. The average Bonchev–Trinajstić information content (AvgIpc) is 2.81. The molecule has 0 bridgehead atoms. The topological polar surface area (TPSA) is 61.3 Å². The highest BCUT2D eigenvalue weighted by Crippen LogP contribution is 2.31. The van der Waals surface area contributed by atoms with Crippen molar-refractivity contribution < 1.29 is 5.11 Å². The van der Waals surface area contributed by atoms with Crippen molar-refractivity contribution in [3.05, 3.63) is 11.2 Å². The fraction of sp³-hybridized carbons (Fsp3) is 0.667. The molecule has 0 spiro atoms. The number of halogens is 1. The molecule has 5 nitrogen and oxygen atoms in total. The minimum Gasteiger partial charge on any atom is -0.396 e. The summed E-state index contributed by atoms with van der Waals surface area (Å²) in [6, 6.07) is 0.330. The van der Waals surface area contributed by atoms with Gasteiger partial charge in [-0.2, -0.15) is 4.98 Å². The van der Waals surface area contributed by atoms with Crippen molar-refractivity contribution in [1.29, 1.82) is 0 Å². The number of nitrogens with zero attached hydrogens (tertiary/aromatic N) is 3. The van der Waals surface area contributed by atoms with E-state index >= 15 is 0 Å². The van der Waals surface area contributed by atoms with Crippen LogP contribution in [0.3, 0.4) is 0 Å². The lowest BCUT2D eigenvalue weighted by molar-refractivity contribution is 0.275. The van der Waals surface area contributed by atoms with Crippen molar-refractivity contribution >= 4 is 23.4 Å². The molecule has 1 unspecified atom stereocenters. The third-order valence-corrected chi connectivity index (χ3v) is 3.44. The van der Waals surface area contributed by atoms with E-state index in [-0.39, 0.29) is 6.61 Å². The molecule has 1 aliphatic rings. The number of aliphatic hydroxyl groups excluding tert-OH is 1. The van der Waals surface area contributed by atoms with Gasteiger partial charge in [-0.25, -0.2) is 4.98 Å². The van der Waals surface area contributed by atoms with Crippen molar-refractivity contribution in [3.63, 3.8) is 0 Å². The smallest absolute Gasteiger partial charge is 0.224 e. The van der Waals surface area contributed by atoms with Crippen LogP contribution in [0.2, 0.25) is 5.02 Å². The van der Waals surface area contributed by atoms with Gasteiger partial charge in [0.1, 0.15) is 5.02 Å². The zero-order chi connectivity index (χ0) is 13.0. The fourth-order valence-corrected chi connectivity index (χ4v) is 2.57. The van der Waals surface area contributed by atoms with Gasteiger partial charge in [0.2, 0.25) is 5.95 Å². The van der Waals surface area contributed by atoms with Crippen LogP contribution in [0.4, 0.5) is 11.8 Å². The molecule has 18 heavy (non-hydrogen) atoms. The van der Waals surface area contributed by atoms with Gasteiger partial charge in [-0.3, -0.25) is 0 Å². The highest BCUT2D eigenvalue weighted by molar-refractivity contribution is 6.32. The Morgan fingerprint density at radius 1 is 1.61 bits per heavy atom. The molecular formula is C12H19ClN4O. The maximum absolute atomic E-state index is 9.09. The Labute approximate surface area is 112 Å². The largest absolute Gasteiger partial charge is 0.396 e. The first-order valence-electron chi connectivity index (χ1n) is 6.40. The van der Waals surface area contributed by atoms with Crippen LogP contribution in [0, 0.1) is 0 Å². The van der Waals surface area contributed by atoms with E-state index in [1.807, 2.05) is 6.92 Å². The summed E-state index contributed by atoms with van der Waals surface area (Å²) in [5, 5.41) is 12.8. The van der Waals surface area contributed by atoms with Gasteiger partial charge in [-0.15, -0.1) is 0 Å². The molecule has 1 aromatic rings. The summed E-state index contributed by atoms with van der Waals surface area (Å²) >= 11 is 6.18. The van der Waals surface area contributed by atoms with Gasteiger partial charge in [-0.05, 0) is 26.2 Å². The van der Waals surface area contributed by atoms with Crippen molar-refractivity contribution in [3.8, 4) is 0 Å². The molecule has 1 saturated heterocycles. The number of hydrogen-bond acceptors (Lipinski definition) is 5. The number of nitrogens with one attached hydrogen (secondary N) is 1. The predicted molar refractivity (Wildman–Crippen MR) is 73.3 cm³/mol. The Kier molecular flexibility index (Phi) is 4.60. The van der Waals surface area contributed by atoms with Crippen LogP contribution in [-0.4, -0.2) is 40.8 Å². The van der Waals surface area contributed by atoms with E-state index in [0.29, 0.717) is 17.0 Å². The van der Waals surface area contributed by atoms with E-state index in [4.69, 9.17) is 16.7 Å². The molecule has 2 heterocycles. The minimum atomic E-state index is 0.198. The maximum atomic E-state index is 9.09. The summed E-state index contributed by atoms with van der Waals surface area (Å²) in [6.45, 7) is 3.92. The van der Waals surface area contributed by atoms with Crippen LogP contribution >= 0.6 is 11.6 Å². The van der Waals surface area contributed by atoms with Crippen LogP contribution < -0.4 is 10.2 Å². The molecule has 2 N–H and O–H groups in total. The maximum Gasteiger partial charge on any atom is 0.224 e. The first kappa shape index (κ1) is 13.4. The Morgan fingerprint density at radius 2 is 2.44 bits per heavy atom. The Hall–Kier alpha value is -1.07.